The van der Waals surface area contributed by atoms with Crippen LogP contribution in [-0.2, 0) is 0 Å². The van der Waals surface area contributed by atoms with Crippen LogP contribution in [0.2, 0.25) is 5.02 Å². The van der Waals surface area contributed by atoms with Crippen molar-refractivity contribution in [3.05, 3.63) is 46.7 Å². The minimum absolute atomic E-state index is 0.0326. The average Bonchev–Trinajstić information content (AvgIpc) is 3.28. The molecule has 1 aromatic carbocycles. The third-order valence-corrected chi connectivity index (χ3v) is 4.76. The van der Waals surface area contributed by atoms with E-state index >= 15 is 0 Å². The topological polar surface area (TPSA) is 38.1 Å². The predicted molar refractivity (Wildman–Crippen MR) is 87.6 cm³/mol. The van der Waals surface area contributed by atoms with Gasteiger partial charge in [0.25, 0.3) is 5.91 Å². The molecule has 1 aliphatic rings. The first-order valence-corrected chi connectivity index (χ1v) is 7.94. The van der Waals surface area contributed by atoms with Crippen LogP contribution in [0.5, 0.6) is 0 Å². The van der Waals surface area contributed by atoms with Crippen molar-refractivity contribution in [1.29, 1.82) is 0 Å². The second-order valence-corrected chi connectivity index (χ2v) is 6.47. The molecule has 0 spiro atoms. The summed E-state index contributed by atoms with van der Waals surface area (Å²) in [5, 5.41) is 5.01. The highest BCUT2D eigenvalue weighted by atomic mass is 35.5. The molecule has 1 saturated carbocycles. The van der Waals surface area contributed by atoms with Crippen molar-refractivity contribution < 1.29 is 4.79 Å². The minimum atomic E-state index is 0.0326. The van der Waals surface area contributed by atoms with E-state index in [1.165, 1.54) is 12.8 Å². The summed E-state index contributed by atoms with van der Waals surface area (Å²) in [5.41, 5.74) is 2.35. The molecule has 1 heterocycles. The van der Waals surface area contributed by atoms with E-state index in [-0.39, 0.29) is 11.9 Å². The number of hydrogen-bond acceptors (Lipinski definition) is 2. The summed E-state index contributed by atoms with van der Waals surface area (Å²) in [5.74, 6) is 0.683. The van der Waals surface area contributed by atoms with Gasteiger partial charge in [0.1, 0.15) is 0 Å². The molecule has 5 heteroatoms. The van der Waals surface area contributed by atoms with E-state index in [0.29, 0.717) is 16.5 Å². The smallest absolute Gasteiger partial charge is 0.257 e. The van der Waals surface area contributed by atoms with Gasteiger partial charge in [0.15, 0.2) is 0 Å². The molecule has 1 aliphatic carbocycles. The Hall–Kier alpha value is -1.81. The normalized spacial score (nSPS) is 15.6. The number of rotatable bonds is 4. The third-order valence-electron chi connectivity index (χ3n) is 4.53. The van der Waals surface area contributed by atoms with Crippen LogP contribution in [0.4, 0.5) is 0 Å². The minimum Gasteiger partial charge on any atom is -0.339 e. The van der Waals surface area contributed by atoms with E-state index in [0.717, 1.165) is 11.4 Å². The van der Waals surface area contributed by atoms with Crippen LogP contribution in [0.15, 0.2) is 30.5 Å². The lowest BCUT2D eigenvalue weighted by atomic mass is 10.1. The lowest BCUT2D eigenvalue weighted by Crippen LogP contribution is -2.36. The summed E-state index contributed by atoms with van der Waals surface area (Å²) in [6, 6.07) is 7.74. The lowest BCUT2D eigenvalue weighted by Gasteiger charge is -2.24. The molecule has 3 rings (SSSR count). The van der Waals surface area contributed by atoms with Crippen LogP contribution < -0.4 is 0 Å². The summed E-state index contributed by atoms with van der Waals surface area (Å²) >= 11 is 6.03. The Morgan fingerprint density at radius 1 is 1.45 bits per heavy atom. The number of nitrogens with zero attached hydrogens (tertiary/aromatic N) is 3. The molecule has 1 unspecified atom stereocenters. The van der Waals surface area contributed by atoms with Gasteiger partial charge in [0, 0.05) is 18.1 Å². The van der Waals surface area contributed by atoms with Gasteiger partial charge in [0.2, 0.25) is 0 Å². The van der Waals surface area contributed by atoms with E-state index < -0.39 is 0 Å². The number of hydrogen-bond donors (Lipinski definition) is 0. The highest BCUT2D eigenvalue weighted by Gasteiger charge is 2.33. The van der Waals surface area contributed by atoms with Crippen molar-refractivity contribution >= 4 is 17.5 Å². The Morgan fingerprint density at radius 2 is 2.18 bits per heavy atom. The molecule has 2 aromatic rings. The van der Waals surface area contributed by atoms with Gasteiger partial charge in [-0.1, -0.05) is 17.7 Å². The Labute approximate surface area is 135 Å². The summed E-state index contributed by atoms with van der Waals surface area (Å²) in [6.07, 6.45) is 4.09. The first-order chi connectivity index (χ1) is 10.5. The SMILES string of the molecule is Cc1c(C(=O)N(C)C(C)C2CC2)cnn1-c1cccc(Cl)c1. The van der Waals surface area contributed by atoms with Crippen molar-refractivity contribution in [1.82, 2.24) is 14.7 Å². The van der Waals surface area contributed by atoms with Gasteiger partial charge in [0.05, 0.1) is 23.1 Å². The van der Waals surface area contributed by atoms with Gasteiger partial charge < -0.3 is 4.90 Å². The molecule has 116 valence electrons. The summed E-state index contributed by atoms with van der Waals surface area (Å²) in [6.45, 7) is 4.03. The van der Waals surface area contributed by atoms with Crippen molar-refractivity contribution in [2.24, 2.45) is 5.92 Å². The highest BCUT2D eigenvalue weighted by molar-refractivity contribution is 6.30. The van der Waals surface area contributed by atoms with Crippen molar-refractivity contribution in [2.45, 2.75) is 32.7 Å². The van der Waals surface area contributed by atoms with Gasteiger partial charge >= 0.3 is 0 Å². The third kappa shape index (κ3) is 2.75. The fraction of sp³-hybridized carbons (Fsp3) is 0.412. The van der Waals surface area contributed by atoms with Gasteiger partial charge in [-0.2, -0.15) is 5.10 Å². The van der Waals surface area contributed by atoms with Gasteiger partial charge in [-0.15, -0.1) is 0 Å². The standard InChI is InChI=1S/C17H20ClN3O/c1-11(13-7-8-13)20(3)17(22)16-10-19-21(12(16)2)15-6-4-5-14(18)9-15/h4-6,9-11,13H,7-8H2,1-3H3. The molecule has 0 radical (unpaired) electrons. The van der Waals surface area contributed by atoms with Gasteiger partial charge in [-0.05, 0) is 50.8 Å². The molecule has 4 nitrogen and oxygen atoms in total. The van der Waals surface area contributed by atoms with Gasteiger partial charge in [-0.3, -0.25) is 4.79 Å². The highest BCUT2D eigenvalue weighted by Crippen LogP contribution is 2.35. The van der Waals surface area contributed by atoms with Crippen molar-refractivity contribution in [3.63, 3.8) is 0 Å². The zero-order valence-corrected chi connectivity index (χ0v) is 13.8. The largest absolute Gasteiger partial charge is 0.339 e. The number of halogens is 1. The fourth-order valence-electron chi connectivity index (χ4n) is 2.76. The molecular formula is C17H20ClN3O. The van der Waals surface area contributed by atoms with Crippen LogP contribution in [0, 0.1) is 12.8 Å². The van der Waals surface area contributed by atoms with E-state index in [2.05, 4.69) is 12.0 Å². The summed E-state index contributed by atoms with van der Waals surface area (Å²) in [7, 11) is 1.88. The molecule has 22 heavy (non-hydrogen) atoms. The van der Waals surface area contributed by atoms with Crippen LogP contribution >= 0.6 is 11.6 Å². The molecule has 0 saturated heterocycles. The predicted octanol–water partition coefficient (Wildman–Crippen LogP) is 3.70. The molecule has 0 aliphatic heterocycles. The van der Waals surface area contributed by atoms with Crippen LogP contribution in [-0.4, -0.2) is 33.7 Å². The number of aromatic nitrogens is 2. The first-order valence-electron chi connectivity index (χ1n) is 7.56. The van der Waals surface area contributed by atoms with E-state index in [4.69, 9.17) is 11.6 Å². The molecule has 1 amide bonds. The number of carbonyl (C=O) groups excluding carboxylic acids is 1. The zero-order chi connectivity index (χ0) is 15.9. The van der Waals surface area contributed by atoms with Crippen molar-refractivity contribution in [3.8, 4) is 5.69 Å². The zero-order valence-electron chi connectivity index (χ0n) is 13.1. The van der Waals surface area contributed by atoms with Crippen LogP contribution in [0.1, 0.15) is 35.8 Å². The van der Waals surface area contributed by atoms with Crippen LogP contribution in [0.25, 0.3) is 5.69 Å². The lowest BCUT2D eigenvalue weighted by molar-refractivity contribution is 0.0726. The second kappa shape index (κ2) is 5.76. The maximum atomic E-state index is 12.7. The molecule has 1 atom stereocenters. The van der Waals surface area contributed by atoms with E-state index in [1.807, 2.05) is 43.1 Å². The van der Waals surface area contributed by atoms with Crippen molar-refractivity contribution in [2.75, 3.05) is 7.05 Å². The van der Waals surface area contributed by atoms with Gasteiger partial charge in [-0.25, -0.2) is 4.68 Å². The van der Waals surface area contributed by atoms with E-state index in [1.54, 1.807) is 10.9 Å². The number of amides is 1. The quantitative estimate of drug-likeness (QED) is 0.862. The molecule has 1 fully saturated rings. The molecule has 0 bridgehead atoms. The average molecular weight is 318 g/mol. The Balaban J connectivity index is 1.88. The Morgan fingerprint density at radius 3 is 2.82 bits per heavy atom. The fourth-order valence-corrected chi connectivity index (χ4v) is 2.94. The Kier molecular flexibility index (Phi) is 3.96. The van der Waals surface area contributed by atoms with Crippen LogP contribution in [0.3, 0.4) is 0 Å². The summed E-state index contributed by atoms with van der Waals surface area (Å²) in [4.78, 5) is 14.5. The monoisotopic (exact) mass is 317 g/mol. The molecular weight excluding hydrogens is 298 g/mol. The molecule has 1 aromatic heterocycles. The summed E-state index contributed by atoms with van der Waals surface area (Å²) < 4.78 is 1.76. The number of benzene rings is 1. The second-order valence-electron chi connectivity index (χ2n) is 6.03. The number of carbonyl (C=O) groups is 1. The maximum absolute atomic E-state index is 12.7. The Bertz CT molecular complexity index is 706. The maximum Gasteiger partial charge on any atom is 0.257 e. The first kappa shape index (κ1) is 15.1. The molecule has 0 N–H and O–H groups in total. The van der Waals surface area contributed by atoms with E-state index in [9.17, 15) is 4.79 Å².